The zero-order valence-electron chi connectivity index (χ0n) is 16.2. The lowest BCUT2D eigenvalue weighted by molar-refractivity contribution is -0.118. The molecule has 4 aromatic rings. The molecule has 156 valence electrons. The molecule has 8 heteroatoms. The van der Waals surface area contributed by atoms with E-state index in [9.17, 15) is 9.59 Å². The first kappa shape index (κ1) is 20.9. The molecular formula is C23H17Cl2N3O3. The number of para-hydroxylation sites is 1. The Balaban J connectivity index is 1.52. The number of benzene rings is 3. The number of aromatic nitrogens is 2. The number of rotatable bonds is 6. The lowest BCUT2D eigenvalue weighted by atomic mass is 10.2. The maximum absolute atomic E-state index is 13.0. The number of hydrogen-bond acceptors (Lipinski definition) is 4. The fraction of sp³-hybridized carbons (Fsp3) is 0.0870. The number of carbonyl (C=O) groups excluding carboxylic acids is 1. The summed E-state index contributed by atoms with van der Waals surface area (Å²) in [6.07, 6.45) is 1.49. The number of anilines is 1. The monoisotopic (exact) mass is 453 g/mol. The third kappa shape index (κ3) is 5.05. The summed E-state index contributed by atoms with van der Waals surface area (Å²) in [5.41, 5.74) is 1.61. The van der Waals surface area contributed by atoms with Crippen LogP contribution in [0.4, 0.5) is 5.69 Å². The first-order valence-electron chi connectivity index (χ1n) is 9.40. The standard InChI is InChI=1S/C23H17Cl2N3O3/c24-19-8-6-15(10-20(19)25)12-28-14-26-21-9-7-16(11-18(21)23(28)30)27-22(29)13-31-17-4-2-1-3-5-17/h1-11,14H,12-13H2,(H,27,29). The van der Waals surface area contributed by atoms with Crippen LogP contribution in [-0.4, -0.2) is 22.1 Å². The van der Waals surface area contributed by atoms with Crippen molar-refractivity contribution in [1.29, 1.82) is 0 Å². The van der Waals surface area contributed by atoms with Crippen LogP contribution in [0.5, 0.6) is 5.75 Å². The minimum absolute atomic E-state index is 0.142. The van der Waals surface area contributed by atoms with Gasteiger partial charge < -0.3 is 10.1 Å². The number of ether oxygens (including phenoxy) is 1. The van der Waals surface area contributed by atoms with Crippen LogP contribution in [0, 0.1) is 0 Å². The van der Waals surface area contributed by atoms with E-state index >= 15 is 0 Å². The number of fused-ring (bicyclic) bond motifs is 1. The van der Waals surface area contributed by atoms with Crippen LogP contribution in [0.2, 0.25) is 10.0 Å². The largest absolute Gasteiger partial charge is 0.484 e. The van der Waals surface area contributed by atoms with E-state index in [1.807, 2.05) is 18.2 Å². The van der Waals surface area contributed by atoms with Crippen LogP contribution in [-0.2, 0) is 11.3 Å². The van der Waals surface area contributed by atoms with Gasteiger partial charge in [0.2, 0.25) is 0 Å². The molecule has 0 fully saturated rings. The molecule has 4 rings (SSSR count). The van der Waals surface area contributed by atoms with Crippen molar-refractivity contribution in [3.05, 3.63) is 99.0 Å². The van der Waals surface area contributed by atoms with E-state index < -0.39 is 0 Å². The highest BCUT2D eigenvalue weighted by atomic mass is 35.5. The molecule has 0 saturated carbocycles. The molecule has 0 unspecified atom stereocenters. The summed E-state index contributed by atoms with van der Waals surface area (Å²) in [4.78, 5) is 29.5. The average Bonchev–Trinajstić information content (AvgIpc) is 2.78. The van der Waals surface area contributed by atoms with Gasteiger partial charge in [0.05, 0.1) is 33.8 Å². The van der Waals surface area contributed by atoms with Crippen molar-refractivity contribution in [2.45, 2.75) is 6.54 Å². The summed E-state index contributed by atoms with van der Waals surface area (Å²) in [5, 5.41) is 4.01. The van der Waals surface area contributed by atoms with Crippen LogP contribution >= 0.6 is 23.2 Å². The number of halogens is 2. The normalized spacial score (nSPS) is 10.8. The third-order valence-corrected chi connectivity index (χ3v) is 5.30. The van der Waals surface area contributed by atoms with E-state index in [-0.39, 0.29) is 18.1 Å². The molecule has 0 spiro atoms. The van der Waals surface area contributed by atoms with Crippen molar-refractivity contribution in [2.75, 3.05) is 11.9 Å². The fourth-order valence-electron chi connectivity index (χ4n) is 3.05. The van der Waals surface area contributed by atoms with Gasteiger partial charge >= 0.3 is 0 Å². The summed E-state index contributed by atoms with van der Waals surface area (Å²) < 4.78 is 6.92. The highest BCUT2D eigenvalue weighted by Crippen LogP contribution is 2.23. The summed E-state index contributed by atoms with van der Waals surface area (Å²) in [5.74, 6) is 0.272. The second-order valence-corrected chi connectivity index (χ2v) is 7.62. The highest BCUT2D eigenvalue weighted by molar-refractivity contribution is 6.42. The van der Waals surface area contributed by atoms with E-state index in [2.05, 4.69) is 10.3 Å². The van der Waals surface area contributed by atoms with E-state index in [4.69, 9.17) is 27.9 Å². The third-order valence-electron chi connectivity index (χ3n) is 4.56. The van der Waals surface area contributed by atoms with Crippen LogP contribution in [0.25, 0.3) is 10.9 Å². The molecule has 1 N–H and O–H groups in total. The Kier molecular flexibility index (Phi) is 6.21. The Labute approximate surface area is 188 Å². The van der Waals surface area contributed by atoms with E-state index in [0.717, 1.165) is 5.56 Å². The summed E-state index contributed by atoms with van der Waals surface area (Å²) in [6.45, 7) is 0.150. The topological polar surface area (TPSA) is 73.2 Å². The highest BCUT2D eigenvalue weighted by Gasteiger charge is 2.09. The Morgan fingerprint density at radius 3 is 2.58 bits per heavy atom. The van der Waals surface area contributed by atoms with Crippen molar-refractivity contribution in [3.8, 4) is 5.75 Å². The molecule has 1 aromatic heterocycles. The van der Waals surface area contributed by atoms with Crippen LogP contribution in [0.3, 0.4) is 0 Å². The maximum atomic E-state index is 13.0. The van der Waals surface area contributed by atoms with Crippen LogP contribution in [0.15, 0.2) is 77.9 Å². The van der Waals surface area contributed by atoms with Crippen molar-refractivity contribution in [3.63, 3.8) is 0 Å². The van der Waals surface area contributed by atoms with Gasteiger partial charge in [-0.25, -0.2) is 4.98 Å². The first-order chi connectivity index (χ1) is 15.0. The predicted molar refractivity (Wildman–Crippen MR) is 122 cm³/mol. The van der Waals surface area contributed by atoms with Crippen molar-refractivity contribution in [2.24, 2.45) is 0 Å². The minimum Gasteiger partial charge on any atom is -0.484 e. The van der Waals surface area contributed by atoms with Gasteiger partial charge in [-0.3, -0.25) is 14.2 Å². The van der Waals surface area contributed by atoms with Gasteiger partial charge in [0.15, 0.2) is 6.61 Å². The van der Waals surface area contributed by atoms with Gasteiger partial charge in [-0.15, -0.1) is 0 Å². The quantitative estimate of drug-likeness (QED) is 0.456. The van der Waals surface area contributed by atoms with Gasteiger partial charge in [0.1, 0.15) is 5.75 Å². The molecule has 0 aliphatic rings. The van der Waals surface area contributed by atoms with E-state index in [0.29, 0.717) is 38.9 Å². The van der Waals surface area contributed by atoms with Gasteiger partial charge in [-0.2, -0.15) is 0 Å². The fourth-order valence-corrected chi connectivity index (χ4v) is 3.37. The molecule has 3 aromatic carbocycles. The summed E-state index contributed by atoms with van der Waals surface area (Å²) in [6, 6.07) is 19.2. The zero-order valence-corrected chi connectivity index (χ0v) is 17.7. The molecule has 0 aliphatic carbocycles. The SMILES string of the molecule is O=C(COc1ccccc1)Nc1ccc2ncn(Cc3ccc(Cl)c(Cl)c3)c(=O)c2c1. The summed E-state index contributed by atoms with van der Waals surface area (Å²) in [7, 11) is 0. The summed E-state index contributed by atoms with van der Waals surface area (Å²) >= 11 is 12.0. The molecule has 6 nitrogen and oxygen atoms in total. The molecule has 0 atom stereocenters. The molecule has 0 radical (unpaired) electrons. The molecular weight excluding hydrogens is 437 g/mol. The second kappa shape index (κ2) is 9.20. The van der Waals surface area contributed by atoms with Crippen molar-refractivity contribution >= 4 is 45.7 Å². The van der Waals surface area contributed by atoms with Gasteiger partial charge in [-0.05, 0) is 48.0 Å². The molecule has 0 aliphatic heterocycles. The smallest absolute Gasteiger partial charge is 0.262 e. The number of amides is 1. The maximum Gasteiger partial charge on any atom is 0.262 e. The van der Waals surface area contributed by atoms with Crippen molar-refractivity contribution in [1.82, 2.24) is 9.55 Å². The molecule has 31 heavy (non-hydrogen) atoms. The minimum atomic E-state index is -0.330. The molecule has 0 bridgehead atoms. The zero-order chi connectivity index (χ0) is 21.8. The van der Waals surface area contributed by atoms with E-state index in [1.54, 1.807) is 48.5 Å². The Bertz CT molecular complexity index is 1310. The first-order valence-corrected chi connectivity index (χ1v) is 10.2. The number of carbonyl (C=O) groups is 1. The van der Waals surface area contributed by atoms with Crippen LogP contribution in [0.1, 0.15) is 5.56 Å². The van der Waals surface area contributed by atoms with Gasteiger partial charge in [0.25, 0.3) is 11.5 Å². The van der Waals surface area contributed by atoms with Crippen LogP contribution < -0.4 is 15.6 Å². The Morgan fingerprint density at radius 2 is 1.81 bits per heavy atom. The predicted octanol–water partition coefficient (Wildman–Crippen LogP) is 4.77. The van der Waals surface area contributed by atoms with Gasteiger partial charge in [-0.1, -0.05) is 47.5 Å². The second-order valence-electron chi connectivity index (χ2n) is 6.81. The molecule has 1 heterocycles. The van der Waals surface area contributed by atoms with E-state index in [1.165, 1.54) is 10.9 Å². The number of nitrogens with zero attached hydrogens (tertiary/aromatic N) is 2. The molecule has 0 saturated heterocycles. The number of nitrogens with one attached hydrogen (secondary N) is 1. The Hall–Kier alpha value is -3.35. The van der Waals surface area contributed by atoms with Crippen molar-refractivity contribution < 1.29 is 9.53 Å². The van der Waals surface area contributed by atoms with Gasteiger partial charge in [0, 0.05) is 5.69 Å². The average molecular weight is 454 g/mol. The molecule has 1 amide bonds. The lowest BCUT2D eigenvalue weighted by Crippen LogP contribution is -2.22. The Morgan fingerprint density at radius 1 is 1.00 bits per heavy atom. The lowest BCUT2D eigenvalue weighted by Gasteiger charge is -2.10. The number of hydrogen-bond donors (Lipinski definition) is 1.